The fraction of sp³-hybridized carbons (Fsp3) is 0.105. The molecule has 0 saturated heterocycles. The van der Waals surface area contributed by atoms with Crippen molar-refractivity contribution in [3.63, 3.8) is 0 Å². The Labute approximate surface area is 155 Å². The molecule has 4 rings (SSSR count). The second-order valence-electron chi connectivity index (χ2n) is 5.99. The topological polar surface area (TPSA) is 71.8 Å². The molecule has 0 bridgehead atoms. The Morgan fingerprint density at radius 1 is 1.15 bits per heavy atom. The van der Waals surface area contributed by atoms with Crippen LogP contribution in [0.3, 0.4) is 0 Å². The molecular formula is C19H16ClN5O. The van der Waals surface area contributed by atoms with Gasteiger partial charge in [0.2, 0.25) is 5.95 Å². The monoisotopic (exact) mass is 365 g/mol. The number of halogens is 1. The van der Waals surface area contributed by atoms with E-state index in [1.807, 2.05) is 37.3 Å². The quantitative estimate of drug-likeness (QED) is 0.733. The lowest BCUT2D eigenvalue weighted by Gasteiger charge is -2.22. The Morgan fingerprint density at radius 3 is 2.62 bits per heavy atom. The zero-order valence-electron chi connectivity index (χ0n) is 14.0. The number of hydrogen-bond donors (Lipinski definition) is 2. The number of hydrogen-bond acceptors (Lipinski definition) is 4. The van der Waals surface area contributed by atoms with E-state index in [9.17, 15) is 4.79 Å². The van der Waals surface area contributed by atoms with Crippen LogP contribution in [0.15, 0.2) is 66.4 Å². The maximum atomic E-state index is 12.4. The zero-order valence-corrected chi connectivity index (χ0v) is 14.7. The van der Waals surface area contributed by atoms with E-state index in [1.54, 1.807) is 28.9 Å². The number of fused-ring (bicyclic) bond motifs is 1. The molecule has 2 aromatic carbocycles. The Balaban J connectivity index is 1.62. The minimum atomic E-state index is -0.287. The van der Waals surface area contributed by atoms with Gasteiger partial charge in [-0.1, -0.05) is 41.9 Å². The van der Waals surface area contributed by atoms with Crippen LogP contribution in [0.2, 0.25) is 5.02 Å². The first-order valence-corrected chi connectivity index (χ1v) is 8.52. The summed E-state index contributed by atoms with van der Waals surface area (Å²) in [7, 11) is 0. The second kappa shape index (κ2) is 6.65. The van der Waals surface area contributed by atoms with Crippen LogP contribution >= 0.6 is 11.6 Å². The van der Waals surface area contributed by atoms with Gasteiger partial charge in [-0.2, -0.15) is 4.98 Å². The zero-order chi connectivity index (χ0) is 18.1. The highest BCUT2D eigenvalue weighted by Crippen LogP contribution is 2.29. The summed E-state index contributed by atoms with van der Waals surface area (Å²) in [6.07, 6.45) is 2.07. The third-order valence-corrected chi connectivity index (χ3v) is 4.34. The fourth-order valence-electron chi connectivity index (χ4n) is 2.84. The van der Waals surface area contributed by atoms with E-state index in [4.69, 9.17) is 11.6 Å². The molecule has 130 valence electrons. The molecule has 7 heteroatoms. The predicted octanol–water partition coefficient (Wildman–Crippen LogP) is 4.10. The maximum absolute atomic E-state index is 12.4. The van der Waals surface area contributed by atoms with Gasteiger partial charge in [0.1, 0.15) is 6.04 Å². The number of carbonyl (C=O) groups is 1. The number of anilines is 2. The van der Waals surface area contributed by atoms with Gasteiger partial charge in [0.15, 0.2) is 0 Å². The van der Waals surface area contributed by atoms with Crippen LogP contribution in [0.25, 0.3) is 0 Å². The number of aromatic nitrogens is 3. The van der Waals surface area contributed by atoms with Crippen LogP contribution in [-0.4, -0.2) is 20.7 Å². The summed E-state index contributed by atoms with van der Waals surface area (Å²) in [5.74, 6) is 0.548. The number of amides is 1. The maximum Gasteiger partial charge on any atom is 0.258 e. The first-order valence-electron chi connectivity index (χ1n) is 8.14. The summed E-state index contributed by atoms with van der Waals surface area (Å²) >= 11 is 5.86. The number of rotatable bonds is 3. The number of nitrogens with one attached hydrogen (secondary N) is 2. The lowest BCUT2D eigenvalue weighted by molar-refractivity contribution is 0.102. The van der Waals surface area contributed by atoms with Gasteiger partial charge in [-0.05, 0) is 42.8 Å². The first kappa shape index (κ1) is 16.4. The molecule has 1 atom stereocenters. The van der Waals surface area contributed by atoms with Gasteiger partial charge in [-0.15, -0.1) is 5.10 Å². The van der Waals surface area contributed by atoms with E-state index < -0.39 is 0 Å². The van der Waals surface area contributed by atoms with Gasteiger partial charge >= 0.3 is 0 Å². The van der Waals surface area contributed by atoms with Crippen LogP contribution < -0.4 is 10.6 Å². The number of allylic oxidation sites excluding steroid dienone is 2. The molecular weight excluding hydrogens is 350 g/mol. The SMILES string of the molecule is CC1=CC(c2ccccc2)n2nc(NC(=O)c3ccc(Cl)cc3)nc2N1. The molecule has 0 spiro atoms. The molecule has 1 aliphatic rings. The molecule has 2 heterocycles. The van der Waals surface area contributed by atoms with E-state index in [-0.39, 0.29) is 17.9 Å². The van der Waals surface area contributed by atoms with Crippen LogP contribution in [-0.2, 0) is 0 Å². The lowest BCUT2D eigenvalue weighted by Crippen LogP contribution is -2.19. The summed E-state index contributed by atoms with van der Waals surface area (Å²) in [5.41, 5.74) is 2.56. The summed E-state index contributed by atoms with van der Waals surface area (Å²) in [6.45, 7) is 1.97. The third kappa shape index (κ3) is 3.19. The molecule has 6 nitrogen and oxygen atoms in total. The Hall–Kier alpha value is -3.12. The molecule has 3 aromatic rings. The average Bonchev–Trinajstić information content (AvgIpc) is 3.04. The van der Waals surface area contributed by atoms with Gasteiger partial charge in [-0.3, -0.25) is 10.1 Å². The van der Waals surface area contributed by atoms with Gasteiger partial charge < -0.3 is 5.32 Å². The second-order valence-corrected chi connectivity index (χ2v) is 6.43. The Bertz CT molecular complexity index is 979. The Morgan fingerprint density at radius 2 is 1.88 bits per heavy atom. The molecule has 0 fully saturated rings. The molecule has 2 N–H and O–H groups in total. The lowest BCUT2D eigenvalue weighted by atomic mass is 10.1. The average molecular weight is 366 g/mol. The largest absolute Gasteiger partial charge is 0.329 e. The highest BCUT2D eigenvalue weighted by molar-refractivity contribution is 6.30. The van der Waals surface area contributed by atoms with Crippen molar-refractivity contribution < 1.29 is 4.79 Å². The van der Waals surface area contributed by atoms with Crippen molar-refractivity contribution in [3.05, 3.63) is 82.5 Å². The summed E-state index contributed by atoms with van der Waals surface area (Å²) < 4.78 is 1.76. The van der Waals surface area contributed by atoms with Crippen molar-refractivity contribution in [3.8, 4) is 0 Å². The van der Waals surface area contributed by atoms with Crippen molar-refractivity contribution >= 4 is 29.4 Å². The number of benzene rings is 2. The van der Waals surface area contributed by atoms with E-state index in [0.717, 1.165) is 11.3 Å². The smallest absolute Gasteiger partial charge is 0.258 e. The molecule has 1 aromatic heterocycles. The number of carbonyl (C=O) groups excluding carboxylic acids is 1. The predicted molar refractivity (Wildman–Crippen MR) is 101 cm³/mol. The number of nitrogens with zero attached hydrogens (tertiary/aromatic N) is 3. The highest BCUT2D eigenvalue weighted by atomic mass is 35.5. The first-order chi connectivity index (χ1) is 12.6. The van der Waals surface area contributed by atoms with Crippen molar-refractivity contribution in [2.75, 3.05) is 10.6 Å². The van der Waals surface area contributed by atoms with Gasteiger partial charge in [0.05, 0.1) is 0 Å². The fourth-order valence-corrected chi connectivity index (χ4v) is 2.97. The van der Waals surface area contributed by atoms with Crippen molar-refractivity contribution in [1.82, 2.24) is 14.8 Å². The van der Waals surface area contributed by atoms with Gasteiger partial charge in [0, 0.05) is 16.3 Å². The third-order valence-electron chi connectivity index (χ3n) is 4.08. The molecule has 0 radical (unpaired) electrons. The summed E-state index contributed by atoms with van der Waals surface area (Å²) in [6, 6.07) is 16.6. The van der Waals surface area contributed by atoms with E-state index in [0.29, 0.717) is 16.5 Å². The van der Waals surface area contributed by atoms with Crippen molar-refractivity contribution in [1.29, 1.82) is 0 Å². The molecule has 1 unspecified atom stereocenters. The summed E-state index contributed by atoms with van der Waals surface area (Å²) in [5, 5.41) is 11.0. The van der Waals surface area contributed by atoms with E-state index >= 15 is 0 Å². The van der Waals surface area contributed by atoms with E-state index in [1.165, 1.54) is 0 Å². The molecule has 26 heavy (non-hydrogen) atoms. The van der Waals surface area contributed by atoms with Crippen LogP contribution in [0.1, 0.15) is 28.9 Å². The minimum absolute atomic E-state index is 0.0823. The van der Waals surface area contributed by atoms with Gasteiger partial charge in [-0.25, -0.2) is 4.68 Å². The normalized spacial score (nSPS) is 15.6. The highest BCUT2D eigenvalue weighted by Gasteiger charge is 2.23. The van der Waals surface area contributed by atoms with Crippen LogP contribution in [0.4, 0.5) is 11.9 Å². The van der Waals surface area contributed by atoms with Crippen molar-refractivity contribution in [2.24, 2.45) is 0 Å². The van der Waals surface area contributed by atoms with E-state index in [2.05, 4.69) is 26.8 Å². The van der Waals surface area contributed by atoms with Crippen LogP contribution in [0.5, 0.6) is 0 Å². The molecule has 1 amide bonds. The minimum Gasteiger partial charge on any atom is -0.329 e. The van der Waals surface area contributed by atoms with Crippen molar-refractivity contribution in [2.45, 2.75) is 13.0 Å². The standard InChI is InChI=1S/C19H16ClN5O/c1-12-11-16(13-5-3-2-4-6-13)25-19(21-12)23-18(24-25)22-17(26)14-7-9-15(20)10-8-14/h2-11,16H,1H3,(H2,21,22,23,24,26). The summed E-state index contributed by atoms with van der Waals surface area (Å²) in [4.78, 5) is 16.8. The Kier molecular flexibility index (Phi) is 4.18. The molecule has 0 saturated carbocycles. The molecule has 1 aliphatic heterocycles. The molecule has 0 aliphatic carbocycles. The van der Waals surface area contributed by atoms with Crippen LogP contribution in [0, 0.1) is 0 Å². The van der Waals surface area contributed by atoms with Gasteiger partial charge in [0.25, 0.3) is 11.9 Å².